The number of ether oxygens (including phenoxy) is 1. The number of nitrogens with two attached hydrogens (primary N) is 1. The Labute approximate surface area is 156 Å². The molecule has 27 heavy (non-hydrogen) atoms. The molecule has 0 aliphatic carbocycles. The molecule has 0 aliphatic heterocycles. The zero-order chi connectivity index (χ0) is 19.0. The second-order valence-corrected chi connectivity index (χ2v) is 7.31. The molecular formula is C14H28N7O5P. The second-order valence-electron chi connectivity index (χ2n) is 5.70. The molecule has 154 valence electrons. The van der Waals surface area contributed by atoms with Gasteiger partial charge < -0.3 is 21.5 Å². The summed E-state index contributed by atoms with van der Waals surface area (Å²) >= 11 is 0. The van der Waals surface area contributed by atoms with Crippen molar-refractivity contribution >= 4 is 24.9 Å². The number of aromatic nitrogens is 4. The van der Waals surface area contributed by atoms with E-state index in [0.29, 0.717) is 12.2 Å². The van der Waals surface area contributed by atoms with Crippen molar-refractivity contribution in [2.45, 2.75) is 39.3 Å². The third-order valence-electron chi connectivity index (χ3n) is 3.56. The van der Waals surface area contributed by atoms with Crippen LogP contribution in [0.1, 0.15) is 32.6 Å². The Balaban J connectivity index is 0.00000364. The number of imidazole rings is 1. The number of anilines is 1. The largest absolute Gasteiger partial charge is 0.403 e. The summed E-state index contributed by atoms with van der Waals surface area (Å²) in [4.78, 5) is 31.6. The summed E-state index contributed by atoms with van der Waals surface area (Å²) in [6, 6.07) is 0. The van der Waals surface area contributed by atoms with Gasteiger partial charge in [0.2, 0.25) is 5.95 Å². The number of nitrogens with one attached hydrogen (secondary N) is 2. The SMILES string of the molecule is CCCCCCNP(=O)(O)OCCOCn1cnc2c(=O)[nH]c(N)nc21.N. The van der Waals surface area contributed by atoms with Crippen LogP contribution in [0, 0.1) is 0 Å². The minimum atomic E-state index is -3.82. The Morgan fingerprint density at radius 3 is 2.89 bits per heavy atom. The first-order chi connectivity index (χ1) is 12.4. The lowest BCUT2D eigenvalue weighted by Crippen LogP contribution is -2.16. The van der Waals surface area contributed by atoms with Crippen molar-refractivity contribution in [3.8, 4) is 0 Å². The molecule has 1 atom stereocenters. The van der Waals surface area contributed by atoms with Gasteiger partial charge in [-0.05, 0) is 6.42 Å². The third kappa shape index (κ3) is 7.37. The van der Waals surface area contributed by atoms with E-state index in [0.717, 1.165) is 25.7 Å². The monoisotopic (exact) mass is 405 g/mol. The Morgan fingerprint density at radius 2 is 2.15 bits per heavy atom. The van der Waals surface area contributed by atoms with Crippen molar-refractivity contribution in [1.29, 1.82) is 0 Å². The molecule has 0 fully saturated rings. The molecule has 0 radical (unpaired) electrons. The average molecular weight is 405 g/mol. The van der Waals surface area contributed by atoms with Crippen LogP contribution in [0.4, 0.5) is 5.95 Å². The number of unbranched alkanes of at least 4 members (excludes halogenated alkanes) is 3. The Hall–Kier alpha value is -1.82. The predicted octanol–water partition coefficient (Wildman–Crippen LogP) is 1.12. The summed E-state index contributed by atoms with van der Waals surface area (Å²) in [6.45, 7) is 2.61. The molecule has 2 aromatic heterocycles. The van der Waals surface area contributed by atoms with Gasteiger partial charge in [-0.3, -0.25) is 18.9 Å². The molecule has 8 N–H and O–H groups in total. The summed E-state index contributed by atoms with van der Waals surface area (Å²) in [5.74, 6) is -0.0150. The standard InChI is InChI=1S/C14H25N6O5P.H3N/c1-2-3-4-5-6-17-26(22,23)25-8-7-24-10-20-9-16-11-12(20)18-14(15)19-13(11)21;/h9H,2-8,10H2,1H3,(H2,17,22,23)(H3,15,18,19,21);1H3. The van der Waals surface area contributed by atoms with Gasteiger partial charge in [-0.1, -0.05) is 26.2 Å². The highest BCUT2D eigenvalue weighted by Gasteiger charge is 2.17. The summed E-state index contributed by atoms with van der Waals surface area (Å²) < 4.78 is 23.6. The Bertz CT molecular complexity index is 809. The molecule has 2 heterocycles. The second kappa shape index (κ2) is 11.1. The lowest BCUT2D eigenvalue weighted by atomic mass is 10.2. The number of nitrogen functional groups attached to an aromatic ring is 1. The first kappa shape index (κ1) is 23.2. The van der Waals surface area contributed by atoms with E-state index in [1.54, 1.807) is 0 Å². The van der Waals surface area contributed by atoms with Gasteiger partial charge in [0.05, 0.1) is 19.5 Å². The van der Waals surface area contributed by atoms with Crippen molar-refractivity contribution < 1.29 is 18.7 Å². The average Bonchev–Trinajstić information content (AvgIpc) is 2.97. The van der Waals surface area contributed by atoms with Gasteiger partial charge in [-0.15, -0.1) is 0 Å². The van der Waals surface area contributed by atoms with Crippen LogP contribution in [0.25, 0.3) is 11.2 Å². The van der Waals surface area contributed by atoms with E-state index in [2.05, 4.69) is 27.0 Å². The predicted molar refractivity (Wildman–Crippen MR) is 101 cm³/mol. The van der Waals surface area contributed by atoms with Gasteiger partial charge in [0.15, 0.2) is 11.2 Å². The van der Waals surface area contributed by atoms with Crippen LogP contribution >= 0.6 is 7.75 Å². The van der Waals surface area contributed by atoms with E-state index in [1.165, 1.54) is 10.9 Å². The van der Waals surface area contributed by atoms with Crippen molar-refractivity contribution in [2.75, 3.05) is 25.5 Å². The first-order valence-electron chi connectivity index (χ1n) is 8.44. The van der Waals surface area contributed by atoms with E-state index in [-0.39, 0.29) is 37.6 Å². The summed E-state index contributed by atoms with van der Waals surface area (Å²) in [6.07, 6.45) is 5.44. The van der Waals surface area contributed by atoms with E-state index < -0.39 is 13.3 Å². The maximum atomic E-state index is 11.8. The molecule has 13 heteroatoms. The highest BCUT2D eigenvalue weighted by molar-refractivity contribution is 7.50. The number of aromatic amines is 1. The number of rotatable bonds is 12. The Kier molecular flexibility index (Phi) is 9.56. The molecule has 0 bridgehead atoms. The molecule has 0 aromatic carbocycles. The molecule has 2 rings (SSSR count). The molecule has 0 saturated carbocycles. The number of fused-ring (bicyclic) bond motifs is 1. The third-order valence-corrected chi connectivity index (χ3v) is 4.72. The zero-order valence-electron chi connectivity index (χ0n) is 15.4. The van der Waals surface area contributed by atoms with Crippen molar-refractivity contribution in [2.24, 2.45) is 0 Å². The summed E-state index contributed by atoms with van der Waals surface area (Å²) in [5.41, 5.74) is 5.54. The molecule has 2 aromatic rings. The van der Waals surface area contributed by atoms with E-state index in [9.17, 15) is 14.3 Å². The van der Waals surface area contributed by atoms with Crippen LogP contribution in [0.3, 0.4) is 0 Å². The van der Waals surface area contributed by atoms with Gasteiger partial charge in [0.1, 0.15) is 6.73 Å². The van der Waals surface area contributed by atoms with Crippen LogP contribution in [0.15, 0.2) is 11.1 Å². The van der Waals surface area contributed by atoms with E-state index >= 15 is 0 Å². The van der Waals surface area contributed by atoms with Crippen LogP contribution in [0.2, 0.25) is 0 Å². The van der Waals surface area contributed by atoms with Gasteiger partial charge in [0.25, 0.3) is 5.56 Å². The Morgan fingerprint density at radius 1 is 1.37 bits per heavy atom. The fourth-order valence-electron chi connectivity index (χ4n) is 2.27. The lowest BCUT2D eigenvalue weighted by molar-refractivity contribution is 0.0522. The van der Waals surface area contributed by atoms with Gasteiger partial charge in [0, 0.05) is 6.54 Å². The topological polar surface area (TPSA) is 192 Å². The minimum absolute atomic E-state index is 0. The zero-order valence-corrected chi connectivity index (χ0v) is 16.3. The number of H-pyrrole nitrogens is 1. The smallest absolute Gasteiger partial charge is 0.369 e. The van der Waals surface area contributed by atoms with Crippen LogP contribution in [0.5, 0.6) is 0 Å². The number of hydrogen-bond acceptors (Lipinski definition) is 8. The highest BCUT2D eigenvalue weighted by Crippen LogP contribution is 2.36. The maximum absolute atomic E-state index is 11.8. The maximum Gasteiger partial charge on any atom is 0.403 e. The van der Waals surface area contributed by atoms with Crippen LogP contribution in [-0.4, -0.2) is 44.2 Å². The van der Waals surface area contributed by atoms with Gasteiger partial charge in [-0.2, -0.15) is 4.98 Å². The van der Waals surface area contributed by atoms with Gasteiger partial charge in [-0.25, -0.2) is 14.6 Å². The molecule has 0 saturated heterocycles. The number of hydrogen-bond donors (Lipinski definition) is 5. The normalized spacial score (nSPS) is 13.4. The van der Waals surface area contributed by atoms with Crippen molar-refractivity contribution in [1.82, 2.24) is 30.8 Å². The molecular weight excluding hydrogens is 377 g/mol. The highest BCUT2D eigenvalue weighted by atomic mass is 31.2. The lowest BCUT2D eigenvalue weighted by Gasteiger charge is -2.13. The van der Waals surface area contributed by atoms with Crippen molar-refractivity contribution in [3.63, 3.8) is 0 Å². The molecule has 12 nitrogen and oxygen atoms in total. The van der Waals surface area contributed by atoms with Crippen LogP contribution in [-0.2, 0) is 20.6 Å². The fraction of sp³-hybridized carbons (Fsp3) is 0.643. The van der Waals surface area contributed by atoms with Crippen LogP contribution < -0.4 is 22.5 Å². The quantitative estimate of drug-likeness (QED) is 0.252. The molecule has 0 aliphatic rings. The molecule has 1 unspecified atom stereocenters. The van der Waals surface area contributed by atoms with E-state index in [4.69, 9.17) is 15.0 Å². The summed E-state index contributed by atoms with van der Waals surface area (Å²) in [5, 5.41) is 2.52. The van der Waals surface area contributed by atoms with Gasteiger partial charge >= 0.3 is 7.75 Å². The van der Waals surface area contributed by atoms with E-state index in [1.807, 2.05) is 0 Å². The van der Waals surface area contributed by atoms with Crippen molar-refractivity contribution in [3.05, 3.63) is 16.7 Å². The summed E-state index contributed by atoms with van der Waals surface area (Å²) in [7, 11) is -3.82. The minimum Gasteiger partial charge on any atom is -0.369 e. The molecule has 0 spiro atoms. The first-order valence-corrected chi connectivity index (χ1v) is 10.0. The molecule has 0 amide bonds. The fourth-order valence-corrected chi connectivity index (χ4v) is 3.12. The number of nitrogens with zero attached hydrogens (tertiary/aromatic N) is 3.